The first-order valence-electron chi connectivity index (χ1n) is 6.48. The summed E-state index contributed by atoms with van der Waals surface area (Å²) >= 11 is 1.78. The van der Waals surface area contributed by atoms with Crippen LogP contribution in [0, 0.1) is 0 Å². The molecule has 0 aliphatic carbocycles. The van der Waals surface area contributed by atoms with Crippen LogP contribution in [0.15, 0.2) is 53.4 Å². The van der Waals surface area contributed by atoms with Crippen LogP contribution in [0.1, 0.15) is 12.5 Å². The largest absolute Gasteiger partial charge is 0.494 e. The highest BCUT2D eigenvalue weighted by Gasteiger charge is 2.03. The quantitative estimate of drug-likeness (QED) is 0.638. The van der Waals surface area contributed by atoms with Gasteiger partial charge in [-0.15, -0.1) is 11.8 Å². The smallest absolute Gasteiger partial charge is 0.120 e. The first kappa shape index (κ1) is 13.8. The summed E-state index contributed by atoms with van der Waals surface area (Å²) in [4.78, 5) is 1.10. The second-order valence-corrected chi connectivity index (χ2v) is 5.35. The standard InChI is InChI=1S/C16H19NOS/c1-2-18-14-8-9-15(17)16(12-14)19-11-10-13-6-4-3-5-7-13/h3-9,12H,2,10-11,17H2,1H3. The fourth-order valence-corrected chi connectivity index (χ4v) is 2.81. The Bertz CT molecular complexity index is 513. The fraction of sp³-hybridized carbons (Fsp3) is 0.250. The van der Waals surface area contributed by atoms with Gasteiger partial charge in [-0.25, -0.2) is 0 Å². The normalized spacial score (nSPS) is 10.4. The highest BCUT2D eigenvalue weighted by molar-refractivity contribution is 7.99. The van der Waals surface area contributed by atoms with Gasteiger partial charge in [-0.3, -0.25) is 0 Å². The minimum Gasteiger partial charge on any atom is -0.494 e. The van der Waals surface area contributed by atoms with Crippen molar-refractivity contribution in [1.29, 1.82) is 0 Å². The van der Waals surface area contributed by atoms with E-state index in [0.29, 0.717) is 6.61 Å². The molecule has 0 spiro atoms. The van der Waals surface area contributed by atoms with Gasteiger partial charge in [-0.1, -0.05) is 30.3 Å². The Morgan fingerprint density at radius 1 is 1.11 bits per heavy atom. The summed E-state index contributed by atoms with van der Waals surface area (Å²) in [5.74, 6) is 1.91. The second kappa shape index (κ2) is 7.10. The zero-order chi connectivity index (χ0) is 13.5. The van der Waals surface area contributed by atoms with Gasteiger partial charge >= 0.3 is 0 Å². The van der Waals surface area contributed by atoms with Gasteiger partial charge in [-0.05, 0) is 37.1 Å². The van der Waals surface area contributed by atoms with Crippen molar-refractivity contribution in [3.8, 4) is 5.75 Å². The molecule has 0 fully saturated rings. The summed E-state index contributed by atoms with van der Waals surface area (Å²) in [6.07, 6.45) is 1.05. The first-order chi connectivity index (χ1) is 9.29. The van der Waals surface area contributed by atoms with Crippen LogP contribution in [-0.2, 0) is 6.42 Å². The van der Waals surface area contributed by atoms with E-state index in [9.17, 15) is 0 Å². The maximum atomic E-state index is 5.99. The molecule has 0 saturated carbocycles. The topological polar surface area (TPSA) is 35.2 Å². The van der Waals surface area contributed by atoms with E-state index in [4.69, 9.17) is 10.5 Å². The Labute approximate surface area is 119 Å². The number of nitrogens with two attached hydrogens (primary N) is 1. The lowest BCUT2D eigenvalue weighted by atomic mass is 10.2. The van der Waals surface area contributed by atoms with Crippen molar-refractivity contribution in [2.45, 2.75) is 18.2 Å². The third kappa shape index (κ3) is 4.21. The van der Waals surface area contributed by atoms with Crippen molar-refractivity contribution in [2.75, 3.05) is 18.1 Å². The summed E-state index contributed by atoms with van der Waals surface area (Å²) in [6, 6.07) is 16.3. The van der Waals surface area contributed by atoms with Gasteiger partial charge in [0.2, 0.25) is 0 Å². The number of anilines is 1. The monoisotopic (exact) mass is 273 g/mol. The van der Waals surface area contributed by atoms with Crippen LogP contribution in [0.25, 0.3) is 0 Å². The molecule has 0 aliphatic heterocycles. The van der Waals surface area contributed by atoms with Gasteiger partial charge in [0.25, 0.3) is 0 Å². The van der Waals surface area contributed by atoms with Crippen LogP contribution in [0.5, 0.6) is 5.75 Å². The van der Waals surface area contributed by atoms with Crippen molar-refractivity contribution in [3.05, 3.63) is 54.1 Å². The summed E-state index contributed by atoms with van der Waals surface area (Å²) in [5.41, 5.74) is 8.17. The number of thioether (sulfide) groups is 1. The maximum Gasteiger partial charge on any atom is 0.120 e. The SMILES string of the molecule is CCOc1ccc(N)c(SCCc2ccccc2)c1. The van der Waals surface area contributed by atoms with Crippen LogP contribution in [0.3, 0.4) is 0 Å². The number of hydrogen-bond donors (Lipinski definition) is 1. The molecule has 0 aliphatic rings. The average Bonchev–Trinajstić information content (AvgIpc) is 2.44. The minimum atomic E-state index is 0.679. The molecular formula is C16H19NOS. The summed E-state index contributed by atoms with van der Waals surface area (Å²) < 4.78 is 5.50. The van der Waals surface area contributed by atoms with Crippen LogP contribution < -0.4 is 10.5 Å². The van der Waals surface area contributed by atoms with E-state index < -0.39 is 0 Å². The molecule has 0 amide bonds. The van der Waals surface area contributed by atoms with Crippen molar-refractivity contribution < 1.29 is 4.74 Å². The lowest BCUT2D eigenvalue weighted by Gasteiger charge is -2.09. The average molecular weight is 273 g/mol. The number of hydrogen-bond acceptors (Lipinski definition) is 3. The molecule has 100 valence electrons. The number of benzene rings is 2. The third-order valence-corrected chi connectivity index (χ3v) is 3.86. The molecule has 2 nitrogen and oxygen atoms in total. The van der Waals surface area contributed by atoms with Gasteiger partial charge in [0, 0.05) is 16.3 Å². The molecule has 2 rings (SSSR count). The van der Waals surface area contributed by atoms with Crippen LogP contribution in [0.2, 0.25) is 0 Å². The van der Waals surface area contributed by atoms with Crippen LogP contribution >= 0.6 is 11.8 Å². The predicted octanol–water partition coefficient (Wildman–Crippen LogP) is 4.00. The Kier molecular flexibility index (Phi) is 5.16. The molecule has 0 bridgehead atoms. The molecule has 0 saturated heterocycles. The molecule has 0 aromatic heterocycles. The van der Waals surface area contributed by atoms with Crippen LogP contribution in [-0.4, -0.2) is 12.4 Å². The summed E-state index contributed by atoms with van der Waals surface area (Å²) in [7, 11) is 0. The van der Waals surface area contributed by atoms with E-state index in [0.717, 1.165) is 28.5 Å². The van der Waals surface area contributed by atoms with Crippen molar-refractivity contribution in [3.63, 3.8) is 0 Å². The highest BCUT2D eigenvalue weighted by atomic mass is 32.2. The number of aryl methyl sites for hydroxylation is 1. The molecule has 0 radical (unpaired) electrons. The highest BCUT2D eigenvalue weighted by Crippen LogP contribution is 2.29. The zero-order valence-electron chi connectivity index (χ0n) is 11.1. The number of rotatable bonds is 6. The number of nitrogen functional groups attached to an aromatic ring is 1. The minimum absolute atomic E-state index is 0.679. The van der Waals surface area contributed by atoms with E-state index in [1.807, 2.05) is 31.2 Å². The van der Waals surface area contributed by atoms with E-state index in [1.54, 1.807) is 11.8 Å². The second-order valence-electron chi connectivity index (χ2n) is 4.22. The molecule has 3 heteroatoms. The van der Waals surface area contributed by atoms with Gasteiger partial charge in [0.15, 0.2) is 0 Å². The fourth-order valence-electron chi connectivity index (χ4n) is 1.82. The van der Waals surface area contributed by atoms with E-state index in [1.165, 1.54) is 5.56 Å². The van der Waals surface area contributed by atoms with Crippen molar-refractivity contribution >= 4 is 17.4 Å². The first-order valence-corrected chi connectivity index (χ1v) is 7.47. The lowest BCUT2D eigenvalue weighted by molar-refractivity contribution is 0.339. The Morgan fingerprint density at radius 3 is 2.63 bits per heavy atom. The molecule has 0 heterocycles. The molecule has 2 N–H and O–H groups in total. The summed E-state index contributed by atoms with van der Waals surface area (Å²) in [6.45, 7) is 2.66. The molecule has 2 aromatic rings. The predicted molar refractivity (Wildman–Crippen MR) is 82.9 cm³/mol. The summed E-state index contributed by atoms with van der Waals surface area (Å²) in [5, 5.41) is 0. The van der Waals surface area contributed by atoms with Crippen molar-refractivity contribution in [2.24, 2.45) is 0 Å². The molecule has 2 aromatic carbocycles. The molecule has 0 unspecified atom stereocenters. The van der Waals surface area contributed by atoms with Crippen molar-refractivity contribution in [1.82, 2.24) is 0 Å². The molecule has 19 heavy (non-hydrogen) atoms. The van der Waals surface area contributed by atoms with Crippen LogP contribution in [0.4, 0.5) is 5.69 Å². The Morgan fingerprint density at radius 2 is 1.89 bits per heavy atom. The third-order valence-electron chi connectivity index (χ3n) is 2.79. The Balaban J connectivity index is 1.93. The van der Waals surface area contributed by atoms with E-state index >= 15 is 0 Å². The maximum absolute atomic E-state index is 5.99. The molecule has 0 atom stereocenters. The van der Waals surface area contributed by atoms with Gasteiger partial charge in [0.05, 0.1) is 6.61 Å². The zero-order valence-corrected chi connectivity index (χ0v) is 12.0. The van der Waals surface area contributed by atoms with E-state index in [-0.39, 0.29) is 0 Å². The van der Waals surface area contributed by atoms with Gasteiger partial charge in [0.1, 0.15) is 5.75 Å². The van der Waals surface area contributed by atoms with E-state index in [2.05, 4.69) is 24.3 Å². The van der Waals surface area contributed by atoms with Gasteiger partial charge in [-0.2, -0.15) is 0 Å². The Hall–Kier alpha value is -1.61. The molecular weight excluding hydrogens is 254 g/mol. The van der Waals surface area contributed by atoms with Gasteiger partial charge < -0.3 is 10.5 Å². The number of ether oxygens (including phenoxy) is 1. The lowest BCUT2D eigenvalue weighted by Crippen LogP contribution is -1.95.